The average Bonchev–Trinajstić information content (AvgIpc) is 2.47. The molecule has 0 saturated heterocycles. The van der Waals surface area contributed by atoms with Crippen molar-refractivity contribution in [1.82, 2.24) is 0 Å². The molecule has 66 valence electrons. The van der Waals surface area contributed by atoms with Gasteiger partial charge >= 0.3 is 0 Å². The predicted molar refractivity (Wildman–Crippen MR) is 50.9 cm³/mol. The molecule has 0 heterocycles. The minimum Gasteiger partial charge on any atom is -0.207 e. The Kier molecular flexibility index (Phi) is 1.88. The van der Waals surface area contributed by atoms with Gasteiger partial charge in [0.1, 0.15) is 10.1 Å². The van der Waals surface area contributed by atoms with Crippen LogP contribution in [0.1, 0.15) is 17.5 Å². The second-order valence-electron chi connectivity index (χ2n) is 3.18. The maximum absolute atomic E-state index is 13.2. The Morgan fingerprint density at radius 1 is 1.54 bits per heavy atom. The van der Waals surface area contributed by atoms with E-state index in [9.17, 15) is 4.39 Å². The molecule has 1 aliphatic carbocycles. The third-order valence-electron chi connectivity index (χ3n) is 2.44. The van der Waals surface area contributed by atoms with Crippen molar-refractivity contribution in [3.8, 4) is 6.07 Å². The Morgan fingerprint density at radius 3 is 3.00 bits per heavy atom. The van der Waals surface area contributed by atoms with Crippen molar-refractivity contribution in [3.05, 3.63) is 35.1 Å². The number of rotatable bonds is 0. The summed E-state index contributed by atoms with van der Waals surface area (Å²) >= 11 is 3.35. The van der Waals surface area contributed by atoms with E-state index in [0.29, 0.717) is 18.4 Å². The fraction of sp³-hybridized carbons (Fsp3) is 0.300. The van der Waals surface area contributed by atoms with E-state index in [4.69, 9.17) is 5.26 Å². The molecule has 0 saturated carbocycles. The van der Waals surface area contributed by atoms with Crippen LogP contribution in [0.4, 0.5) is 4.39 Å². The van der Waals surface area contributed by atoms with Crippen molar-refractivity contribution in [2.75, 3.05) is 0 Å². The molecule has 1 nitrogen and oxygen atoms in total. The third-order valence-corrected chi connectivity index (χ3v) is 3.44. The van der Waals surface area contributed by atoms with E-state index in [-0.39, 0.29) is 5.82 Å². The van der Waals surface area contributed by atoms with E-state index in [2.05, 4.69) is 22.0 Å². The molecule has 0 aliphatic heterocycles. The minimum atomic E-state index is -0.662. The lowest BCUT2D eigenvalue weighted by Gasteiger charge is -2.12. The largest absolute Gasteiger partial charge is 0.207 e. The number of fused-ring (bicyclic) bond motifs is 1. The van der Waals surface area contributed by atoms with Gasteiger partial charge in [0.25, 0.3) is 0 Å². The summed E-state index contributed by atoms with van der Waals surface area (Å²) in [5.41, 5.74) is 1.47. The standard InChI is InChI=1S/C10H7BrFN/c11-10(6-13)5-4-7-8(10)2-1-3-9(7)12/h1-3H,4-5H2. The summed E-state index contributed by atoms with van der Waals surface area (Å²) in [6.45, 7) is 0. The zero-order chi connectivity index (χ0) is 9.47. The summed E-state index contributed by atoms with van der Waals surface area (Å²) in [4.78, 5) is 0. The Hall–Kier alpha value is -0.880. The van der Waals surface area contributed by atoms with Gasteiger partial charge in [-0.05, 0) is 30.0 Å². The highest BCUT2D eigenvalue weighted by atomic mass is 79.9. The van der Waals surface area contributed by atoms with Gasteiger partial charge in [0.15, 0.2) is 0 Å². The van der Waals surface area contributed by atoms with Gasteiger partial charge in [0.2, 0.25) is 0 Å². The van der Waals surface area contributed by atoms with Crippen LogP contribution in [-0.2, 0) is 10.7 Å². The molecule has 0 radical (unpaired) electrons. The van der Waals surface area contributed by atoms with Crippen LogP contribution < -0.4 is 0 Å². The van der Waals surface area contributed by atoms with E-state index in [1.54, 1.807) is 6.07 Å². The van der Waals surface area contributed by atoms with Gasteiger partial charge in [-0.2, -0.15) is 5.26 Å². The van der Waals surface area contributed by atoms with Crippen molar-refractivity contribution in [1.29, 1.82) is 5.26 Å². The van der Waals surface area contributed by atoms with Crippen LogP contribution >= 0.6 is 15.9 Å². The lowest BCUT2D eigenvalue weighted by atomic mass is 10.0. The minimum absolute atomic E-state index is 0.200. The Balaban J connectivity index is 2.63. The lowest BCUT2D eigenvalue weighted by molar-refractivity contribution is 0.612. The number of nitrogens with zero attached hydrogens (tertiary/aromatic N) is 1. The van der Waals surface area contributed by atoms with E-state index < -0.39 is 4.32 Å². The van der Waals surface area contributed by atoms with Crippen LogP contribution in [-0.4, -0.2) is 0 Å². The van der Waals surface area contributed by atoms with Crippen molar-refractivity contribution in [2.45, 2.75) is 17.2 Å². The molecule has 3 heteroatoms. The number of alkyl halides is 1. The van der Waals surface area contributed by atoms with Gasteiger partial charge < -0.3 is 0 Å². The first-order chi connectivity index (χ1) is 6.17. The van der Waals surface area contributed by atoms with Crippen molar-refractivity contribution >= 4 is 15.9 Å². The van der Waals surface area contributed by atoms with Crippen LogP contribution in [0.25, 0.3) is 0 Å². The predicted octanol–water partition coefficient (Wildman–Crippen LogP) is 2.89. The summed E-state index contributed by atoms with van der Waals surface area (Å²) < 4.78 is 12.6. The molecule has 2 rings (SSSR count). The highest BCUT2D eigenvalue weighted by Crippen LogP contribution is 2.44. The molecule has 0 spiro atoms. The number of hydrogen-bond acceptors (Lipinski definition) is 1. The van der Waals surface area contributed by atoms with Crippen LogP contribution in [0.5, 0.6) is 0 Å². The van der Waals surface area contributed by atoms with Crippen LogP contribution in [0, 0.1) is 17.1 Å². The van der Waals surface area contributed by atoms with Crippen molar-refractivity contribution < 1.29 is 4.39 Å². The zero-order valence-electron chi connectivity index (χ0n) is 6.85. The van der Waals surface area contributed by atoms with Crippen LogP contribution in [0.2, 0.25) is 0 Å². The number of benzene rings is 1. The van der Waals surface area contributed by atoms with Crippen molar-refractivity contribution in [2.24, 2.45) is 0 Å². The van der Waals surface area contributed by atoms with Gasteiger partial charge in [-0.1, -0.05) is 28.1 Å². The molecule has 0 bridgehead atoms. The second-order valence-corrected chi connectivity index (χ2v) is 4.53. The molecule has 0 N–H and O–H groups in total. The second kappa shape index (κ2) is 2.81. The van der Waals surface area contributed by atoms with Crippen molar-refractivity contribution in [3.63, 3.8) is 0 Å². The topological polar surface area (TPSA) is 23.8 Å². The van der Waals surface area contributed by atoms with Gasteiger partial charge in [0, 0.05) is 0 Å². The Morgan fingerprint density at radius 2 is 2.31 bits per heavy atom. The van der Waals surface area contributed by atoms with E-state index in [1.165, 1.54) is 6.07 Å². The molecule has 1 atom stereocenters. The smallest absolute Gasteiger partial charge is 0.137 e. The number of halogens is 2. The number of nitriles is 1. The zero-order valence-corrected chi connectivity index (χ0v) is 8.44. The molecule has 0 fully saturated rings. The Bertz CT molecular complexity index is 396. The first-order valence-electron chi connectivity index (χ1n) is 4.05. The van der Waals surface area contributed by atoms with E-state index in [0.717, 1.165) is 5.56 Å². The summed E-state index contributed by atoms with van der Waals surface area (Å²) in [5.74, 6) is -0.200. The monoisotopic (exact) mass is 239 g/mol. The first-order valence-corrected chi connectivity index (χ1v) is 4.85. The average molecular weight is 240 g/mol. The molecule has 0 aromatic heterocycles. The van der Waals surface area contributed by atoms with Gasteiger partial charge in [0.05, 0.1) is 6.07 Å². The Labute approximate surface area is 84.3 Å². The highest BCUT2D eigenvalue weighted by Gasteiger charge is 2.37. The molecule has 0 amide bonds. The summed E-state index contributed by atoms with van der Waals surface area (Å²) in [5, 5.41) is 8.94. The molecular formula is C10H7BrFN. The van der Waals surface area contributed by atoms with Gasteiger partial charge in [-0.25, -0.2) is 4.39 Å². The normalized spacial score (nSPS) is 25.3. The fourth-order valence-corrected chi connectivity index (χ4v) is 2.30. The maximum atomic E-state index is 13.2. The van der Waals surface area contributed by atoms with Gasteiger partial charge in [-0.15, -0.1) is 0 Å². The fourth-order valence-electron chi connectivity index (χ4n) is 1.73. The van der Waals surface area contributed by atoms with Gasteiger partial charge in [-0.3, -0.25) is 0 Å². The van der Waals surface area contributed by atoms with Crippen LogP contribution in [0.15, 0.2) is 18.2 Å². The third kappa shape index (κ3) is 1.17. The first kappa shape index (κ1) is 8.71. The quantitative estimate of drug-likeness (QED) is 0.639. The molecule has 1 unspecified atom stereocenters. The highest BCUT2D eigenvalue weighted by molar-refractivity contribution is 9.09. The molecule has 13 heavy (non-hydrogen) atoms. The molecular weight excluding hydrogens is 233 g/mol. The SMILES string of the molecule is N#CC1(Br)CCc2c(F)cccc21. The molecule has 1 aromatic carbocycles. The lowest BCUT2D eigenvalue weighted by Crippen LogP contribution is -2.09. The molecule has 1 aliphatic rings. The molecule has 1 aromatic rings. The van der Waals surface area contributed by atoms with E-state index in [1.807, 2.05) is 6.07 Å². The summed E-state index contributed by atoms with van der Waals surface area (Å²) in [7, 11) is 0. The van der Waals surface area contributed by atoms with Crippen LogP contribution in [0.3, 0.4) is 0 Å². The number of hydrogen-bond donors (Lipinski definition) is 0. The maximum Gasteiger partial charge on any atom is 0.137 e. The summed E-state index contributed by atoms with van der Waals surface area (Å²) in [6, 6.07) is 7.07. The van der Waals surface area contributed by atoms with E-state index >= 15 is 0 Å². The summed E-state index contributed by atoms with van der Waals surface area (Å²) in [6.07, 6.45) is 1.29.